The molecule has 1 N–H and O–H groups in total. The molecule has 0 atom stereocenters. The van der Waals surface area contributed by atoms with Crippen molar-refractivity contribution < 1.29 is 27.1 Å². The van der Waals surface area contributed by atoms with Crippen LogP contribution in [-0.2, 0) is 14.8 Å². The first-order valence-corrected chi connectivity index (χ1v) is 9.34. The van der Waals surface area contributed by atoms with E-state index in [0.717, 1.165) is 16.6 Å². The van der Waals surface area contributed by atoms with E-state index in [1.54, 1.807) is 18.2 Å². The maximum atomic E-state index is 13.4. The summed E-state index contributed by atoms with van der Waals surface area (Å²) in [4.78, 5) is 12.4. The largest absolute Gasteiger partial charge is 0.497 e. The lowest BCUT2D eigenvalue weighted by Crippen LogP contribution is -2.37. The zero-order valence-electron chi connectivity index (χ0n) is 14.5. The van der Waals surface area contributed by atoms with Crippen LogP contribution in [0.3, 0.4) is 0 Å². The van der Waals surface area contributed by atoms with Crippen LogP contribution in [0.2, 0.25) is 0 Å². The quantitative estimate of drug-likeness (QED) is 0.794. The number of nitrogens with one attached hydrogen (secondary N) is 1. The fourth-order valence-corrected chi connectivity index (χ4v) is 3.11. The Kier molecular flexibility index (Phi) is 6.04. The average molecular weight is 382 g/mol. The van der Waals surface area contributed by atoms with Gasteiger partial charge in [0.05, 0.1) is 31.9 Å². The van der Waals surface area contributed by atoms with E-state index >= 15 is 0 Å². The lowest BCUT2D eigenvalue weighted by atomic mass is 10.2. The molecule has 0 aliphatic carbocycles. The second-order valence-electron chi connectivity index (χ2n) is 5.36. The molecule has 0 aromatic heterocycles. The fourth-order valence-electron chi connectivity index (χ4n) is 2.26. The van der Waals surface area contributed by atoms with Crippen LogP contribution in [-0.4, -0.2) is 41.3 Å². The summed E-state index contributed by atoms with van der Waals surface area (Å²) in [6.07, 6.45) is 0.942. The molecule has 0 saturated carbocycles. The molecule has 7 nitrogen and oxygen atoms in total. The summed E-state index contributed by atoms with van der Waals surface area (Å²) in [6.45, 7) is -0.525. The van der Waals surface area contributed by atoms with Crippen molar-refractivity contribution >= 4 is 27.3 Å². The van der Waals surface area contributed by atoms with Crippen molar-refractivity contribution in [3.05, 3.63) is 48.3 Å². The number of rotatable bonds is 7. The van der Waals surface area contributed by atoms with Crippen molar-refractivity contribution in [3.8, 4) is 11.5 Å². The van der Waals surface area contributed by atoms with Crippen molar-refractivity contribution in [2.45, 2.75) is 0 Å². The molecule has 0 fully saturated rings. The molecule has 0 spiro atoms. The van der Waals surface area contributed by atoms with E-state index in [4.69, 9.17) is 9.47 Å². The Morgan fingerprint density at radius 3 is 2.46 bits per heavy atom. The third-order valence-electron chi connectivity index (χ3n) is 3.46. The van der Waals surface area contributed by atoms with Crippen LogP contribution < -0.4 is 19.1 Å². The highest BCUT2D eigenvalue weighted by atomic mass is 32.2. The number of ether oxygens (including phenoxy) is 2. The smallest absolute Gasteiger partial charge is 0.245 e. The Labute approximate surface area is 151 Å². The summed E-state index contributed by atoms with van der Waals surface area (Å²) >= 11 is 0. The Bertz CT molecular complexity index is 902. The van der Waals surface area contributed by atoms with Gasteiger partial charge in [-0.3, -0.25) is 9.10 Å². The molecule has 0 radical (unpaired) electrons. The number of carbonyl (C=O) groups is 1. The Morgan fingerprint density at radius 2 is 1.88 bits per heavy atom. The van der Waals surface area contributed by atoms with Gasteiger partial charge in [0.1, 0.15) is 23.9 Å². The van der Waals surface area contributed by atoms with E-state index in [1.165, 1.54) is 32.4 Å². The fraction of sp³-hybridized carbons (Fsp3) is 0.235. The van der Waals surface area contributed by atoms with Gasteiger partial charge in [0.2, 0.25) is 15.9 Å². The van der Waals surface area contributed by atoms with Crippen LogP contribution in [0.4, 0.5) is 15.8 Å². The molecular weight excluding hydrogens is 363 g/mol. The second kappa shape index (κ2) is 8.05. The summed E-state index contributed by atoms with van der Waals surface area (Å²) in [5.74, 6) is -0.348. The van der Waals surface area contributed by atoms with Crippen LogP contribution in [0, 0.1) is 5.82 Å². The lowest BCUT2D eigenvalue weighted by molar-refractivity contribution is -0.114. The predicted molar refractivity (Wildman–Crippen MR) is 96.8 cm³/mol. The van der Waals surface area contributed by atoms with Gasteiger partial charge < -0.3 is 14.8 Å². The molecule has 26 heavy (non-hydrogen) atoms. The maximum absolute atomic E-state index is 13.4. The Balaban J connectivity index is 2.26. The van der Waals surface area contributed by atoms with Gasteiger partial charge in [0.25, 0.3) is 0 Å². The predicted octanol–water partition coefficient (Wildman–Crippen LogP) is 2.25. The Hall–Kier alpha value is -2.81. The van der Waals surface area contributed by atoms with Crippen molar-refractivity contribution in [2.75, 3.05) is 36.6 Å². The molecule has 0 unspecified atom stereocenters. The van der Waals surface area contributed by atoms with Gasteiger partial charge in [0, 0.05) is 6.07 Å². The van der Waals surface area contributed by atoms with Crippen LogP contribution in [0.5, 0.6) is 11.5 Å². The summed E-state index contributed by atoms with van der Waals surface area (Å²) in [6, 6.07) is 9.81. The van der Waals surface area contributed by atoms with Gasteiger partial charge in [-0.2, -0.15) is 0 Å². The number of amides is 1. The number of anilines is 2. The molecule has 2 aromatic carbocycles. The summed E-state index contributed by atoms with van der Waals surface area (Å²) in [5, 5.41) is 2.58. The normalized spacial score (nSPS) is 10.9. The number of hydrogen-bond donors (Lipinski definition) is 1. The van der Waals surface area contributed by atoms with E-state index in [0.29, 0.717) is 17.2 Å². The SMILES string of the molecule is COc1ccc(OC)c(NC(=O)CN(c2cccc(F)c2)S(C)(=O)=O)c1. The summed E-state index contributed by atoms with van der Waals surface area (Å²) in [5.41, 5.74) is 0.379. The molecule has 1 amide bonds. The molecule has 9 heteroatoms. The molecule has 2 rings (SSSR count). The first-order chi connectivity index (χ1) is 12.2. The third-order valence-corrected chi connectivity index (χ3v) is 4.61. The molecule has 0 aliphatic rings. The lowest BCUT2D eigenvalue weighted by Gasteiger charge is -2.22. The van der Waals surface area contributed by atoms with E-state index in [1.807, 2.05) is 0 Å². The number of methoxy groups -OCH3 is 2. The van der Waals surface area contributed by atoms with Crippen molar-refractivity contribution in [1.29, 1.82) is 0 Å². The van der Waals surface area contributed by atoms with E-state index < -0.39 is 28.3 Å². The molecule has 2 aromatic rings. The van der Waals surface area contributed by atoms with Crippen LogP contribution in [0.25, 0.3) is 0 Å². The summed E-state index contributed by atoms with van der Waals surface area (Å²) in [7, 11) is -0.888. The number of carbonyl (C=O) groups excluding carboxylic acids is 1. The van der Waals surface area contributed by atoms with Gasteiger partial charge in [-0.1, -0.05) is 6.07 Å². The highest BCUT2D eigenvalue weighted by Crippen LogP contribution is 2.29. The van der Waals surface area contributed by atoms with E-state index in [-0.39, 0.29) is 5.69 Å². The maximum Gasteiger partial charge on any atom is 0.245 e. The molecule has 0 aliphatic heterocycles. The van der Waals surface area contributed by atoms with Gasteiger partial charge in [0.15, 0.2) is 0 Å². The molecule has 0 saturated heterocycles. The zero-order chi connectivity index (χ0) is 19.3. The monoisotopic (exact) mass is 382 g/mol. The second-order valence-corrected chi connectivity index (χ2v) is 7.27. The zero-order valence-corrected chi connectivity index (χ0v) is 15.3. The first-order valence-electron chi connectivity index (χ1n) is 7.49. The minimum absolute atomic E-state index is 0.0558. The van der Waals surface area contributed by atoms with Crippen LogP contribution >= 0.6 is 0 Å². The van der Waals surface area contributed by atoms with Gasteiger partial charge in [-0.25, -0.2) is 12.8 Å². The molecule has 0 heterocycles. The van der Waals surface area contributed by atoms with Crippen LogP contribution in [0.15, 0.2) is 42.5 Å². The highest BCUT2D eigenvalue weighted by molar-refractivity contribution is 7.92. The third kappa shape index (κ3) is 4.85. The molecule has 0 bridgehead atoms. The minimum Gasteiger partial charge on any atom is -0.497 e. The number of hydrogen-bond acceptors (Lipinski definition) is 5. The molecule has 140 valence electrons. The number of halogens is 1. The number of nitrogens with zero attached hydrogens (tertiary/aromatic N) is 1. The average Bonchev–Trinajstić information content (AvgIpc) is 2.58. The topological polar surface area (TPSA) is 84.9 Å². The Morgan fingerprint density at radius 1 is 1.15 bits per heavy atom. The van der Waals surface area contributed by atoms with Gasteiger partial charge in [-0.05, 0) is 30.3 Å². The van der Waals surface area contributed by atoms with Gasteiger partial charge in [-0.15, -0.1) is 0 Å². The van der Waals surface area contributed by atoms with Crippen molar-refractivity contribution in [3.63, 3.8) is 0 Å². The van der Waals surface area contributed by atoms with Crippen LogP contribution in [0.1, 0.15) is 0 Å². The van der Waals surface area contributed by atoms with E-state index in [9.17, 15) is 17.6 Å². The number of sulfonamides is 1. The summed E-state index contributed by atoms with van der Waals surface area (Å²) < 4.78 is 48.6. The van der Waals surface area contributed by atoms with Crippen molar-refractivity contribution in [2.24, 2.45) is 0 Å². The van der Waals surface area contributed by atoms with Crippen molar-refractivity contribution in [1.82, 2.24) is 0 Å². The standard InChI is InChI=1S/C17H19FN2O5S/c1-24-14-7-8-16(25-2)15(10-14)19-17(21)11-20(26(3,22)23)13-6-4-5-12(18)9-13/h4-10H,11H2,1-3H3,(H,19,21). The van der Waals surface area contributed by atoms with E-state index in [2.05, 4.69) is 5.32 Å². The number of benzene rings is 2. The first kappa shape index (κ1) is 19.5. The van der Waals surface area contributed by atoms with Gasteiger partial charge >= 0.3 is 0 Å². The highest BCUT2D eigenvalue weighted by Gasteiger charge is 2.22. The minimum atomic E-state index is -3.80. The molecular formula is C17H19FN2O5S.